The Balaban J connectivity index is 1.96. The Morgan fingerprint density at radius 3 is 2.61 bits per heavy atom. The van der Waals surface area contributed by atoms with Crippen LogP contribution in [0.3, 0.4) is 0 Å². The molecule has 1 spiro atoms. The van der Waals surface area contributed by atoms with Crippen LogP contribution in [0.25, 0.3) is 0 Å². The number of primary amides is 1. The summed E-state index contributed by atoms with van der Waals surface area (Å²) in [5.41, 5.74) is 4.46. The maximum Gasteiger partial charge on any atom is 0.410 e. The number of rotatable bonds is 5. The van der Waals surface area contributed by atoms with Gasteiger partial charge >= 0.3 is 6.09 Å². The largest absolute Gasteiger partial charge is 0.444 e. The summed E-state index contributed by atoms with van der Waals surface area (Å²) >= 11 is 0. The number of amides is 4. The monoisotopic (exact) mass is 459 g/mol. The van der Waals surface area contributed by atoms with Gasteiger partial charge in [-0.1, -0.05) is 19.9 Å². The third kappa shape index (κ3) is 4.65. The highest BCUT2D eigenvalue weighted by Gasteiger charge is 2.58. The molecule has 0 saturated carbocycles. The zero-order valence-electron chi connectivity index (χ0n) is 20.0. The summed E-state index contributed by atoms with van der Waals surface area (Å²) in [6.07, 6.45) is 1.34. The van der Waals surface area contributed by atoms with Crippen LogP contribution in [-0.4, -0.2) is 69.9 Å². The van der Waals surface area contributed by atoms with Crippen molar-refractivity contribution in [3.05, 3.63) is 23.9 Å². The Morgan fingerprint density at radius 2 is 2.03 bits per heavy atom. The van der Waals surface area contributed by atoms with Crippen molar-refractivity contribution < 1.29 is 23.9 Å². The summed E-state index contributed by atoms with van der Waals surface area (Å²) in [6, 6.07) is 1.61. The predicted octanol–water partition coefficient (Wildman–Crippen LogP) is 1.64. The number of ether oxygens (including phenoxy) is 1. The zero-order valence-corrected chi connectivity index (χ0v) is 20.0. The molecule has 3 N–H and O–H groups in total. The molecule has 1 aromatic rings. The molecule has 3 rings (SSSR count). The van der Waals surface area contributed by atoms with Crippen LogP contribution in [0.1, 0.15) is 53.0 Å². The molecule has 180 valence electrons. The molecule has 33 heavy (non-hydrogen) atoms. The number of pyridine rings is 1. The normalized spacial score (nSPS) is 22.8. The minimum Gasteiger partial charge on any atom is -0.444 e. The second-order valence-electron chi connectivity index (χ2n) is 10.3. The van der Waals surface area contributed by atoms with E-state index in [1.54, 1.807) is 39.1 Å². The van der Waals surface area contributed by atoms with E-state index in [0.29, 0.717) is 17.8 Å². The Bertz CT molecular complexity index is 972. The number of hydrogen-bond acceptors (Lipinski definition) is 6. The Kier molecular flexibility index (Phi) is 6.41. The maximum absolute atomic E-state index is 13.8. The van der Waals surface area contributed by atoms with E-state index in [9.17, 15) is 19.2 Å². The van der Waals surface area contributed by atoms with Crippen LogP contribution < -0.4 is 11.1 Å². The van der Waals surface area contributed by atoms with Crippen molar-refractivity contribution in [3.8, 4) is 0 Å². The highest BCUT2D eigenvalue weighted by molar-refractivity contribution is 6.07. The number of likely N-dealkylation sites (tertiary alicyclic amines) is 1. The Hall–Kier alpha value is -3.17. The fourth-order valence-corrected chi connectivity index (χ4v) is 4.52. The molecule has 10 nitrogen and oxygen atoms in total. The summed E-state index contributed by atoms with van der Waals surface area (Å²) in [4.78, 5) is 58.8. The Labute approximate surface area is 193 Å². The highest BCUT2D eigenvalue weighted by atomic mass is 16.6. The minimum absolute atomic E-state index is 0.0271. The van der Waals surface area contributed by atoms with E-state index in [0.717, 1.165) is 0 Å². The van der Waals surface area contributed by atoms with Crippen molar-refractivity contribution in [3.63, 3.8) is 0 Å². The van der Waals surface area contributed by atoms with E-state index in [-0.39, 0.29) is 24.8 Å². The van der Waals surface area contributed by atoms with E-state index in [2.05, 4.69) is 10.3 Å². The summed E-state index contributed by atoms with van der Waals surface area (Å²) in [5, 5.41) is 2.75. The lowest BCUT2D eigenvalue weighted by atomic mass is 9.80. The van der Waals surface area contributed by atoms with E-state index >= 15 is 0 Å². The van der Waals surface area contributed by atoms with Gasteiger partial charge in [-0.3, -0.25) is 19.3 Å². The summed E-state index contributed by atoms with van der Waals surface area (Å²) in [6.45, 7) is 9.08. The molecule has 0 bridgehead atoms. The third-order valence-electron chi connectivity index (χ3n) is 6.09. The highest BCUT2D eigenvalue weighted by Crippen LogP contribution is 2.45. The summed E-state index contributed by atoms with van der Waals surface area (Å²) < 4.78 is 5.46. The smallest absolute Gasteiger partial charge is 0.410 e. The average Bonchev–Trinajstić information content (AvgIpc) is 3.23. The van der Waals surface area contributed by atoms with E-state index in [1.165, 1.54) is 16.8 Å². The van der Waals surface area contributed by atoms with Gasteiger partial charge in [0, 0.05) is 25.4 Å². The first-order chi connectivity index (χ1) is 15.3. The number of nitrogens with two attached hydrogens (primary N) is 1. The van der Waals surface area contributed by atoms with Crippen molar-refractivity contribution in [2.24, 2.45) is 11.7 Å². The van der Waals surface area contributed by atoms with E-state index < -0.39 is 41.0 Å². The minimum atomic E-state index is -1.12. The molecule has 0 aliphatic carbocycles. The van der Waals surface area contributed by atoms with Gasteiger partial charge in [0.15, 0.2) is 0 Å². The molecule has 0 radical (unpaired) electrons. The molecule has 2 aliphatic heterocycles. The lowest BCUT2D eigenvalue weighted by Gasteiger charge is -2.34. The number of nitrogens with one attached hydrogen (secondary N) is 1. The molecule has 10 heteroatoms. The van der Waals surface area contributed by atoms with E-state index in [1.807, 2.05) is 13.8 Å². The standard InChI is InChI=1S/C23H33N5O5/c1-13(2)10-15(27(6)21(32)33-22(3,4)5)19(30)28-12-23(11-16(28)17(24)29)14-8-7-9-25-18(14)26-20(23)31/h7-9,13,15-16H,10-12H2,1-6H3,(H2,24,29)(H,25,26,31)/t15-,16-,23-/m0/s1. The molecule has 3 heterocycles. The van der Waals surface area contributed by atoms with Gasteiger partial charge in [0.05, 0.1) is 5.41 Å². The van der Waals surface area contributed by atoms with Gasteiger partial charge < -0.3 is 20.7 Å². The average molecular weight is 460 g/mol. The molecule has 1 fully saturated rings. The summed E-state index contributed by atoms with van der Waals surface area (Å²) in [5.74, 6) is -0.966. The molecular formula is C23H33N5O5. The van der Waals surface area contributed by atoms with Crippen LogP contribution >= 0.6 is 0 Å². The van der Waals surface area contributed by atoms with Crippen LogP contribution in [0, 0.1) is 5.92 Å². The van der Waals surface area contributed by atoms with Crippen molar-refractivity contribution in [2.75, 3.05) is 18.9 Å². The van der Waals surface area contributed by atoms with Gasteiger partial charge in [-0.25, -0.2) is 9.78 Å². The van der Waals surface area contributed by atoms with Crippen molar-refractivity contribution in [1.82, 2.24) is 14.8 Å². The van der Waals surface area contributed by atoms with Crippen molar-refractivity contribution >= 4 is 29.6 Å². The fourth-order valence-electron chi connectivity index (χ4n) is 4.52. The molecule has 0 aromatic carbocycles. The van der Waals surface area contributed by atoms with Crippen LogP contribution in [0.4, 0.5) is 10.6 Å². The number of likely N-dealkylation sites (N-methyl/N-ethyl adjacent to an activating group) is 1. The molecule has 1 saturated heterocycles. The maximum atomic E-state index is 13.8. The first-order valence-electron chi connectivity index (χ1n) is 11.1. The van der Waals surface area contributed by atoms with Crippen LogP contribution in [0.2, 0.25) is 0 Å². The first-order valence-corrected chi connectivity index (χ1v) is 11.1. The second-order valence-corrected chi connectivity index (χ2v) is 10.3. The van der Waals surface area contributed by atoms with Gasteiger partial charge in [-0.15, -0.1) is 0 Å². The molecule has 1 aromatic heterocycles. The SMILES string of the molecule is CC(C)C[C@@H](C(=O)N1C[C@]2(C[C@H]1C(N)=O)C(=O)Nc1ncccc12)N(C)C(=O)OC(C)(C)C. The van der Waals surface area contributed by atoms with Gasteiger partial charge in [0.1, 0.15) is 23.5 Å². The Morgan fingerprint density at radius 1 is 1.36 bits per heavy atom. The summed E-state index contributed by atoms with van der Waals surface area (Å²) in [7, 11) is 1.51. The van der Waals surface area contributed by atoms with Crippen molar-refractivity contribution in [1.29, 1.82) is 0 Å². The van der Waals surface area contributed by atoms with Gasteiger partial charge in [-0.2, -0.15) is 0 Å². The third-order valence-corrected chi connectivity index (χ3v) is 6.09. The number of nitrogens with zero attached hydrogens (tertiary/aromatic N) is 3. The topological polar surface area (TPSA) is 135 Å². The fraction of sp³-hybridized carbons (Fsp3) is 0.609. The molecule has 2 aliphatic rings. The quantitative estimate of drug-likeness (QED) is 0.687. The van der Waals surface area contributed by atoms with Crippen LogP contribution in [0.5, 0.6) is 0 Å². The number of anilines is 1. The van der Waals surface area contributed by atoms with Gasteiger partial charge in [0.25, 0.3) is 0 Å². The number of fused-ring (bicyclic) bond motifs is 2. The van der Waals surface area contributed by atoms with Crippen LogP contribution in [0.15, 0.2) is 18.3 Å². The zero-order chi connectivity index (χ0) is 24.7. The van der Waals surface area contributed by atoms with Gasteiger partial charge in [-0.05, 0) is 45.6 Å². The first kappa shape index (κ1) is 24.5. The molecule has 0 unspecified atom stereocenters. The molecule has 3 atom stereocenters. The molecular weight excluding hydrogens is 426 g/mol. The van der Waals surface area contributed by atoms with E-state index in [4.69, 9.17) is 10.5 Å². The van der Waals surface area contributed by atoms with Crippen molar-refractivity contribution in [2.45, 2.75) is 70.6 Å². The molecule has 4 amide bonds. The number of hydrogen-bond donors (Lipinski definition) is 2. The predicted molar refractivity (Wildman–Crippen MR) is 121 cm³/mol. The lowest BCUT2D eigenvalue weighted by molar-refractivity contribution is -0.142. The lowest BCUT2D eigenvalue weighted by Crippen LogP contribution is -2.54. The number of carbonyl (C=O) groups is 4. The van der Waals surface area contributed by atoms with Gasteiger partial charge in [0.2, 0.25) is 17.7 Å². The number of aromatic nitrogens is 1. The number of carbonyl (C=O) groups excluding carboxylic acids is 4. The second kappa shape index (κ2) is 8.64. The van der Waals surface area contributed by atoms with Crippen LogP contribution in [-0.2, 0) is 24.5 Å².